The van der Waals surface area contributed by atoms with E-state index in [1.165, 1.54) is 22.3 Å². The molecule has 1 N–H and O–H groups in total. The number of carbonyl (C=O) groups excluding carboxylic acids is 1. The van der Waals surface area contributed by atoms with Crippen LogP contribution in [-0.2, 0) is 0 Å². The summed E-state index contributed by atoms with van der Waals surface area (Å²) in [5.74, 6) is -0.0850. The van der Waals surface area contributed by atoms with Crippen molar-refractivity contribution in [3.05, 3.63) is 22.7 Å². The van der Waals surface area contributed by atoms with Gasteiger partial charge in [-0.05, 0) is 34.7 Å². The predicted molar refractivity (Wildman–Crippen MR) is 79.5 cm³/mol. The van der Waals surface area contributed by atoms with E-state index in [1.54, 1.807) is 4.90 Å². The Hall–Kier alpha value is -1.80. The Kier molecular flexibility index (Phi) is 5.40. The van der Waals surface area contributed by atoms with Gasteiger partial charge in [-0.2, -0.15) is 4.68 Å². The molecule has 0 aliphatic carbocycles. The van der Waals surface area contributed by atoms with E-state index in [0.29, 0.717) is 17.1 Å². The molecule has 0 bridgehead atoms. The molecule has 0 aliphatic rings. The van der Waals surface area contributed by atoms with Crippen LogP contribution in [0.5, 0.6) is 0 Å². The van der Waals surface area contributed by atoms with Crippen LogP contribution in [0.15, 0.2) is 17.8 Å². The lowest BCUT2D eigenvalue weighted by Crippen LogP contribution is -2.41. The number of aliphatic hydroxyl groups is 1. The van der Waals surface area contributed by atoms with Gasteiger partial charge in [0.25, 0.3) is 5.91 Å². The lowest BCUT2D eigenvalue weighted by atomic mass is 10.1. The fourth-order valence-corrected chi connectivity index (χ4v) is 3.17. The van der Waals surface area contributed by atoms with Crippen LogP contribution in [0, 0.1) is 0 Å². The molecule has 0 saturated heterocycles. The minimum absolute atomic E-state index is 0.0478. The fourth-order valence-electron chi connectivity index (χ4n) is 2.33. The van der Waals surface area contributed by atoms with E-state index in [-0.39, 0.29) is 18.6 Å². The minimum Gasteiger partial charge on any atom is -0.395 e. The zero-order valence-electron chi connectivity index (χ0n) is 12.1. The quantitative estimate of drug-likeness (QED) is 0.834. The molecule has 0 aromatic carbocycles. The number of hydrogen-bond donors (Lipinski definition) is 1. The van der Waals surface area contributed by atoms with Gasteiger partial charge in [0.1, 0.15) is 11.2 Å². The fraction of sp³-hybridized carbons (Fsp3) is 0.538. The molecule has 0 saturated carbocycles. The Morgan fingerprint density at radius 3 is 2.81 bits per heavy atom. The second-order valence-corrected chi connectivity index (χ2v) is 5.50. The summed E-state index contributed by atoms with van der Waals surface area (Å²) in [6, 6.07) is 1.94. The number of aromatic nitrogens is 4. The Bertz CT molecular complexity index is 565. The van der Waals surface area contributed by atoms with Crippen molar-refractivity contribution in [3.8, 4) is 5.69 Å². The van der Waals surface area contributed by atoms with Crippen molar-refractivity contribution in [1.29, 1.82) is 0 Å². The van der Waals surface area contributed by atoms with Gasteiger partial charge in [-0.15, -0.1) is 16.4 Å². The number of carbonyl (C=O) groups is 1. The van der Waals surface area contributed by atoms with Crippen LogP contribution in [0.2, 0.25) is 0 Å². The van der Waals surface area contributed by atoms with Gasteiger partial charge in [0, 0.05) is 12.6 Å². The Morgan fingerprint density at radius 1 is 1.48 bits per heavy atom. The Balaban J connectivity index is 2.31. The molecule has 114 valence electrons. The van der Waals surface area contributed by atoms with Gasteiger partial charge in [-0.3, -0.25) is 4.79 Å². The first-order valence-electron chi connectivity index (χ1n) is 6.95. The third-order valence-corrected chi connectivity index (χ3v) is 4.31. The number of thiophene rings is 1. The van der Waals surface area contributed by atoms with E-state index in [2.05, 4.69) is 15.5 Å². The van der Waals surface area contributed by atoms with Crippen molar-refractivity contribution in [2.45, 2.75) is 32.7 Å². The van der Waals surface area contributed by atoms with E-state index in [4.69, 9.17) is 0 Å². The van der Waals surface area contributed by atoms with Crippen molar-refractivity contribution in [1.82, 2.24) is 25.1 Å². The third kappa shape index (κ3) is 3.27. The molecule has 0 fully saturated rings. The van der Waals surface area contributed by atoms with Crippen LogP contribution in [0.4, 0.5) is 0 Å². The number of tetrazole rings is 1. The zero-order chi connectivity index (χ0) is 15.2. The normalized spacial score (nSPS) is 11.0. The molecule has 0 unspecified atom stereocenters. The summed E-state index contributed by atoms with van der Waals surface area (Å²) in [5, 5.41) is 22.1. The third-order valence-electron chi connectivity index (χ3n) is 3.42. The van der Waals surface area contributed by atoms with Gasteiger partial charge in [-0.25, -0.2) is 0 Å². The lowest BCUT2D eigenvalue weighted by Gasteiger charge is -2.29. The summed E-state index contributed by atoms with van der Waals surface area (Å²) in [7, 11) is 0. The van der Waals surface area contributed by atoms with Gasteiger partial charge in [-0.1, -0.05) is 13.8 Å². The first-order valence-corrected chi connectivity index (χ1v) is 7.83. The highest BCUT2D eigenvalue weighted by Gasteiger charge is 2.25. The summed E-state index contributed by atoms with van der Waals surface area (Å²) in [5.41, 5.74) is 0.670. The van der Waals surface area contributed by atoms with Gasteiger partial charge in [0.05, 0.1) is 12.3 Å². The topological polar surface area (TPSA) is 84.1 Å². The number of nitrogens with zero attached hydrogens (tertiary/aromatic N) is 5. The maximum atomic E-state index is 12.8. The van der Waals surface area contributed by atoms with Gasteiger partial charge in [0.15, 0.2) is 0 Å². The van der Waals surface area contributed by atoms with Crippen LogP contribution in [-0.4, -0.2) is 55.3 Å². The largest absolute Gasteiger partial charge is 0.395 e. The summed E-state index contributed by atoms with van der Waals surface area (Å²) in [6.07, 6.45) is 3.17. The highest BCUT2D eigenvalue weighted by molar-refractivity contribution is 7.12. The molecule has 0 atom stereocenters. The molecule has 7 nitrogen and oxygen atoms in total. The van der Waals surface area contributed by atoms with Crippen LogP contribution in [0.3, 0.4) is 0 Å². The average molecular weight is 309 g/mol. The van der Waals surface area contributed by atoms with Crippen molar-refractivity contribution in [3.63, 3.8) is 0 Å². The van der Waals surface area contributed by atoms with E-state index in [9.17, 15) is 9.90 Å². The average Bonchev–Trinajstić information content (AvgIpc) is 3.17. The predicted octanol–water partition coefficient (Wildman–Crippen LogP) is 1.35. The SMILES string of the molecule is CCC(CC)N(CCO)C(=O)c1sccc1-n1cnnn1. The minimum atomic E-state index is -0.0850. The monoisotopic (exact) mass is 309 g/mol. The number of aliphatic hydroxyl groups excluding tert-OH is 1. The highest BCUT2D eigenvalue weighted by Crippen LogP contribution is 2.24. The molecule has 2 heterocycles. The van der Waals surface area contributed by atoms with E-state index in [0.717, 1.165) is 12.8 Å². The Morgan fingerprint density at radius 2 is 2.24 bits per heavy atom. The molecule has 2 rings (SSSR count). The number of amides is 1. The van der Waals surface area contributed by atoms with Gasteiger partial charge >= 0.3 is 0 Å². The molecule has 0 aliphatic heterocycles. The molecular weight excluding hydrogens is 290 g/mol. The number of hydrogen-bond acceptors (Lipinski definition) is 6. The summed E-state index contributed by atoms with van der Waals surface area (Å²) in [4.78, 5) is 15.1. The molecule has 2 aromatic rings. The van der Waals surface area contributed by atoms with E-state index < -0.39 is 0 Å². The molecule has 1 amide bonds. The van der Waals surface area contributed by atoms with Crippen LogP contribution in [0.25, 0.3) is 5.69 Å². The molecular formula is C13H19N5O2S. The van der Waals surface area contributed by atoms with Crippen LogP contribution < -0.4 is 0 Å². The van der Waals surface area contributed by atoms with Gasteiger partial charge < -0.3 is 10.0 Å². The zero-order valence-corrected chi connectivity index (χ0v) is 13.0. The van der Waals surface area contributed by atoms with E-state index in [1.807, 2.05) is 25.3 Å². The second kappa shape index (κ2) is 7.28. The molecule has 0 radical (unpaired) electrons. The van der Waals surface area contributed by atoms with Crippen molar-refractivity contribution in [2.24, 2.45) is 0 Å². The van der Waals surface area contributed by atoms with Gasteiger partial charge in [0.2, 0.25) is 0 Å². The van der Waals surface area contributed by atoms with Crippen LogP contribution >= 0.6 is 11.3 Å². The molecule has 21 heavy (non-hydrogen) atoms. The molecule has 2 aromatic heterocycles. The first kappa shape index (κ1) is 15.6. The summed E-state index contributed by atoms with van der Waals surface area (Å²) in [6.45, 7) is 4.37. The Labute approximate surface area is 127 Å². The van der Waals surface area contributed by atoms with E-state index >= 15 is 0 Å². The molecule has 8 heteroatoms. The highest BCUT2D eigenvalue weighted by atomic mass is 32.1. The van der Waals surface area contributed by atoms with Crippen LogP contribution in [0.1, 0.15) is 36.4 Å². The maximum absolute atomic E-state index is 12.8. The summed E-state index contributed by atoms with van der Waals surface area (Å²) >= 11 is 1.36. The molecule has 0 spiro atoms. The first-order chi connectivity index (χ1) is 10.2. The number of rotatable bonds is 7. The smallest absolute Gasteiger partial charge is 0.266 e. The van der Waals surface area contributed by atoms with Crippen molar-refractivity contribution in [2.75, 3.05) is 13.2 Å². The summed E-state index contributed by atoms with van der Waals surface area (Å²) < 4.78 is 1.48. The lowest BCUT2D eigenvalue weighted by molar-refractivity contribution is 0.0627. The standard InChI is InChI=1S/C13H19N5O2S/c1-3-10(4-2)17(6-7-19)13(20)12-11(5-8-21-12)18-9-14-15-16-18/h5,8-10,19H,3-4,6-7H2,1-2H3. The maximum Gasteiger partial charge on any atom is 0.266 e. The van der Waals surface area contributed by atoms with Crippen molar-refractivity contribution >= 4 is 17.2 Å². The van der Waals surface area contributed by atoms with Crippen molar-refractivity contribution < 1.29 is 9.90 Å². The second-order valence-electron chi connectivity index (χ2n) is 4.58.